The molecule has 0 radical (unpaired) electrons. The first kappa shape index (κ1) is 14.2. The first-order valence-corrected chi connectivity index (χ1v) is 6.54. The lowest BCUT2D eigenvalue weighted by molar-refractivity contribution is 0.592. The first-order chi connectivity index (χ1) is 9.66. The summed E-state index contributed by atoms with van der Waals surface area (Å²) in [5.41, 5.74) is 2.84. The second kappa shape index (κ2) is 5.82. The van der Waals surface area contributed by atoms with Gasteiger partial charge < -0.3 is 4.98 Å². The summed E-state index contributed by atoms with van der Waals surface area (Å²) in [4.78, 5) is 7.07. The van der Waals surface area contributed by atoms with Crippen LogP contribution in [0.1, 0.15) is 19.4 Å². The molecule has 0 saturated carbocycles. The summed E-state index contributed by atoms with van der Waals surface area (Å²) < 4.78 is 26.9. The van der Waals surface area contributed by atoms with Crippen LogP contribution in [0.5, 0.6) is 0 Å². The minimum absolute atomic E-state index is 0.426. The Hall–Kier alpha value is -2.23. The summed E-state index contributed by atoms with van der Waals surface area (Å²) in [6.07, 6.45) is 3.35. The largest absolute Gasteiger partial charge is 0.354 e. The van der Waals surface area contributed by atoms with Gasteiger partial charge in [-0.3, -0.25) is 4.98 Å². The Morgan fingerprint density at radius 1 is 1.15 bits per heavy atom. The fourth-order valence-corrected chi connectivity index (χ4v) is 2.21. The van der Waals surface area contributed by atoms with Crippen molar-refractivity contribution in [2.45, 2.75) is 20.8 Å². The summed E-state index contributed by atoms with van der Waals surface area (Å²) in [7, 11) is 0. The van der Waals surface area contributed by atoms with Crippen molar-refractivity contribution >= 4 is 10.9 Å². The van der Waals surface area contributed by atoms with Gasteiger partial charge in [0.2, 0.25) is 0 Å². The van der Waals surface area contributed by atoms with Gasteiger partial charge in [-0.2, -0.15) is 0 Å². The molecule has 0 fully saturated rings. The van der Waals surface area contributed by atoms with E-state index in [9.17, 15) is 8.78 Å². The normalized spacial score (nSPS) is 10.2. The van der Waals surface area contributed by atoms with E-state index in [4.69, 9.17) is 0 Å². The van der Waals surface area contributed by atoms with Gasteiger partial charge in [0, 0.05) is 29.4 Å². The smallest absolute Gasteiger partial charge is 0.135 e. The van der Waals surface area contributed by atoms with E-state index in [0.29, 0.717) is 10.9 Å². The van der Waals surface area contributed by atoms with Crippen LogP contribution in [0, 0.1) is 18.6 Å². The van der Waals surface area contributed by atoms with Crippen LogP contribution in [0.25, 0.3) is 22.2 Å². The highest BCUT2D eigenvalue weighted by Gasteiger charge is 2.14. The molecule has 0 bridgehead atoms. The predicted octanol–water partition coefficient (Wildman–Crippen LogP) is 4.84. The molecular formula is C16H16F2N2. The van der Waals surface area contributed by atoms with E-state index in [-0.39, 0.29) is 0 Å². The highest BCUT2D eigenvalue weighted by atomic mass is 19.1. The van der Waals surface area contributed by atoms with Gasteiger partial charge in [0.25, 0.3) is 0 Å². The molecule has 0 aliphatic heterocycles. The van der Waals surface area contributed by atoms with Crippen molar-refractivity contribution in [2.75, 3.05) is 0 Å². The van der Waals surface area contributed by atoms with Gasteiger partial charge in [0.05, 0.1) is 11.2 Å². The average Bonchev–Trinajstić information content (AvgIpc) is 2.79. The van der Waals surface area contributed by atoms with Crippen LogP contribution in [0.2, 0.25) is 0 Å². The molecule has 0 aliphatic carbocycles. The number of halogens is 2. The van der Waals surface area contributed by atoms with E-state index < -0.39 is 11.6 Å². The van der Waals surface area contributed by atoms with Crippen LogP contribution in [-0.2, 0) is 0 Å². The maximum atomic E-state index is 13.8. The number of hydrogen-bond acceptors (Lipinski definition) is 1. The number of benzene rings is 1. The van der Waals surface area contributed by atoms with Crippen molar-refractivity contribution in [3.8, 4) is 11.3 Å². The van der Waals surface area contributed by atoms with E-state index in [1.165, 1.54) is 6.07 Å². The number of nitrogens with zero attached hydrogens (tertiary/aromatic N) is 1. The molecule has 0 saturated heterocycles. The highest BCUT2D eigenvalue weighted by molar-refractivity contribution is 5.90. The number of hydrogen-bond donors (Lipinski definition) is 1. The molecule has 0 spiro atoms. The molecule has 0 amide bonds. The molecule has 1 aromatic carbocycles. The van der Waals surface area contributed by atoms with E-state index in [1.54, 1.807) is 18.5 Å². The number of rotatable bonds is 1. The lowest BCUT2D eigenvalue weighted by Crippen LogP contribution is -1.82. The maximum absolute atomic E-state index is 13.8. The molecule has 3 aromatic rings. The van der Waals surface area contributed by atoms with Crippen LogP contribution in [0.15, 0.2) is 36.7 Å². The second-order valence-electron chi connectivity index (χ2n) is 4.18. The SMILES string of the molecule is CC.Cc1c(-c2cccnc2)[nH]c2cc(F)cc(F)c12. The van der Waals surface area contributed by atoms with Crippen LogP contribution in [0.3, 0.4) is 0 Å². The van der Waals surface area contributed by atoms with Gasteiger partial charge in [-0.05, 0) is 30.7 Å². The number of aryl methyl sites for hydroxylation is 1. The van der Waals surface area contributed by atoms with Crippen molar-refractivity contribution < 1.29 is 8.78 Å². The minimum Gasteiger partial charge on any atom is -0.354 e. The predicted molar refractivity (Wildman–Crippen MR) is 77.5 cm³/mol. The molecule has 1 N–H and O–H groups in total. The van der Waals surface area contributed by atoms with Gasteiger partial charge >= 0.3 is 0 Å². The van der Waals surface area contributed by atoms with Crippen molar-refractivity contribution in [1.29, 1.82) is 0 Å². The van der Waals surface area contributed by atoms with Gasteiger partial charge in [0.1, 0.15) is 11.6 Å². The van der Waals surface area contributed by atoms with E-state index in [1.807, 2.05) is 26.8 Å². The average molecular weight is 274 g/mol. The fourth-order valence-electron chi connectivity index (χ4n) is 2.21. The lowest BCUT2D eigenvalue weighted by atomic mass is 10.1. The molecule has 2 aromatic heterocycles. The summed E-state index contributed by atoms with van der Waals surface area (Å²) in [6, 6.07) is 5.87. The van der Waals surface area contributed by atoms with Gasteiger partial charge in [-0.1, -0.05) is 13.8 Å². The lowest BCUT2D eigenvalue weighted by Gasteiger charge is -1.98. The highest BCUT2D eigenvalue weighted by Crippen LogP contribution is 2.31. The Kier molecular flexibility index (Phi) is 4.13. The molecule has 0 atom stereocenters. The van der Waals surface area contributed by atoms with Crippen molar-refractivity contribution in [1.82, 2.24) is 9.97 Å². The fraction of sp³-hybridized carbons (Fsp3) is 0.188. The van der Waals surface area contributed by atoms with Crippen molar-refractivity contribution in [3.63, 3.8) is 0 Å². The van der Waals surface area contributed by atoms with Crippen molar-refractivity contribution in [2.24, 2.45) is 0 Å². The van der Waals surface area contributed by atoms with Crippen LogP contribution in [-0.4, -0.2) is 9.97 Å². The number of pyridine rings is 1. The second-order valence-corrected chi connectivity index (χ2v) is 4.18. The third-order valence-corrected chi connectivity index (χ3v) is 3.01. The number of fused-ring (bicyclic) bond motifs is 1. The maximum Gasteiger partial charge on any atom is 0.135 e. The third kappa shape index (κ3) is 2.41. The molecule has 20 heavy (non-hydrogen) atoms. The Morgan fingerprint density at radius 2 is 1.90 bits per heavy atom. The molecule has 2 nitrogen and oxygen atoms in total. The van der Waals surface area contributed by atoms with Crippen molar-refractivity contribution in [3.05, 3.63) is 53.9 Å². The molecule has 2 heterocycles. The minimum atomic E-state index is -0.584. The molecule has 0 aliphatic rings. The number of aromatic nitrogens is 2. The van der Waals surface area contributed by atoms with Gasteiger partial charge in [-0.15, -0.1) is 0 Å². The quantitative estimate of drug-likeness (QED) is 0.675. The van der Waals surface area contributed by atoms with Gasteiger partial charge in [0.15, 0.2) is 0 Å². The Balaban J connectivity index is 0.000000704. The number of H-pyrrole nitrogens is 1. The van der Waals surface area contributed by atoms with Crippen LogP contribution in [0.4, 0.5) is 8.78 Å². The third-order valence-electron chi connectivity index (χ3n) is 3.01. The Morgan fingerprint density at radius 3 is 2.55 bits per heavy atom. The van der Waals surface area contributed by atoms with E-state index in [2.05, 4.69) is 9.97 Å². The Bertz CT molecular complexity index is 718. The monoisotopic (exact) mass is 274 g/mol. The van der Waals surface area contributed by atoms with Crippen LogP contribution >= 0.6 is 0 Å². The zero-order valence-electron chi connectivity index (χ0n) is 11.7. The molecular weight excluding hydrogens is 258 g/mol. The molecule has 104 valence electrons. The summed E-state index contributed by atoms with van der Waals surface area (Å²) in [5, 5.41) is 0.426. The molecule has 3 rings (SSSR count). The van der Waals surface area contributed by atoms with Crippen LogP contribution < -0.4 is 0 Å². The topological polar surface area (TPSA) is 28.7 Å². The summed E-state index contributed by atoms with van der Waals surface area (Å²) >= 11 is 0. The standard InChI is InChI=1S/C14H10F2N2.C2H6/c1-8-13-11(16)5-10(15)6-12(13)18-14(8)9-3-2-4-17-7-9;1-2/h2-7,18H,1H3;1-2H3. The van der Waals surface area contributed by atoms with E-state index >= 15 is 0 Å². The number of nitrogens with one attached hydrogen (secondary N) is 1. The van der Waals surface area contributed by atoms with Gasteiger partial charge in [-0.25, -0.2) is 8.78 Å². The first-order valence-electron chi connectivity index (χ1n) is 6.54. The zero-order valence-corrected chi connectivity index (χ0v) is 11.7. The molecule has 4 heteroatoms. The zero-order chi connectivity index (χ0) is 14.7. The molecule has 0 unspecified atom stereocenters. The van der Waals surface area contributed by atoms with E-state index in [0.717, 1.165) is 22.9 Å². The summed E-state index contributed by atoms with van der Waals surface area (Å²) in [6.45, 7) is 5.81. The number of aromatic amines is 1. The Labute approximate surface area is 116 Å². The summed E-state index contributed by atoms with van der Waals surface area (Å²) in [5.74, 6) is -1.13.